The standard InChI is InChI=1S/C17H21ClN2O/c1-5-20-16(17(18)13(4)19-20)10-15(21)9-14-7-6-11(2)12(3)8-14/h6-8H,5,9-10H2,1-4H3. The molecule has 0 saturated carbocycles. The lowest BCUT2D eigenvalue weighted by Crippen LogP contribution is -2.12. The van der Waals surface area contributed by atoms with E-state index in [9.17, 15) is 4.79 Å². The molecule has 1 aromatic heterocycles. The highest BCUT2D eigenvalue weighted by atomic mass is 35.5. The fraction of sp³-hybridized carbons (Fsp3) is 0.412. The van der Waals surface area contributed by atoms with Crippen molar-refractivity contribution < 1.29 is 4.79 Å². The Morgan fingerprint density at radius 3 is 2.52 bits per heavy atom. The number of benzene rings is 1. The molecule has 0 amide bonds. The zero-order valence-electron chi connectivity index (χ0n) is 13.0. The Kier molecular flexibility index (Phi) is 4.84. The largest absolute Gasteiger partial charge is 0.299 e. The van der Waals surface area contributed by atoms with E-state index >= 15 is 0 Å². The van der Waals surface area contributed by atoms with E-state index in [4.69, 9.17) is 11.6 Å². The van der Waals surface area contributed by atoms with Crippen LogP contribution in [0.5, 0.6) is 0 Å². The lowest BCUT2D eigenvalue weighted by atomic mass is 10.0. The number of nitrogens with zero attached hydrogens (tertiary/aromatic N) is 2. The second kappa shape index (κ2) is 6.44. The van der Waals surface area contributed by atoms with Gasteiger partial charge in [-0.2, -0.15) is 5.10 Å². The molecule has 0 unspecified atom stereocenters. The molecular weight excluding hydrogens is 284 g/mol. The molecule has 1 heterocycles. The first-order chi connectivity index (χ1) is 9.92. The number of carbonyl (C=O) groups excluding carboxylic acids is 1. The summed E-state index contributed by atoms with van der Waals surface area (Å²) in [5.41, 5.74) is 5.12. The van der Waals surface area contributed by atoms with E-state index in [0.717, 1.165) is 23.5 Å². The number of hydrogen-bond acceptors (Lipinski definition) is 2. The number of aromatic nitrogens is 2. The second-order valence-corrected chi connectivity index (χ2v) is 5.85. The molecule has 2 aromatic rings. The molecule has 3 nitrogen and oxygen atoms in total. The van der Waals surface area contributed by atoms with Gasteiger partial charge in [-0.3, -0.25) is 9.48 Å². The summed E-state index contributed by atoms with van der Waals surface area (Å²) in [6, 6.07) is 6.16. The normalized spacial score (nSPS) is 10.9. The Morgan fingerprint density at radius 2 is 1.90 bits per heavy atom. The van der Waals surface area contributed by atoms with Gasteiger partial charge in [-0.1, -0.05) is 29.8 Å². The third-order valence-corrected chi connectivity index (χ3v) is 4.28. The maximum absolute atomic E-state index is 12.3. The van der Waals surface area contributed by atoms with Gasteiger partial charge in [-0.05, 0) is 44.4 Å². The highest BCUT2D eigenvalue weighted by Gasteiger charge is 2.16. The highest BCUT2D eigenvalue weighted by molar-refractivity contribution is 6.32. The van der Waals surface area contributed by atoms with Crippen LogP contribution >= 0.6 is 11.6 Å². The van der Waals surface area contributed by atoms with Gasteiger partial charge in [-0.15, -0.1) is 0 Å². The minimum Gasteiger partial charge on any atom is -0.299 e. The summed E-state index contributed by atoms with van der Waals surface area (Å²) in [6.07, 6.45) is 0.770. The van der Waals surface area contributed by atoms with Crippen LogP contribution in [0.15, 0.2) is 18.2 Å². The van der Waals surface area contributed by atoms with Crippen molar-refractivity contribution in [2.75, 3.05) is 0 Å². The molecule has 0 saturated heterocycles. The lowest BCUT2D eigenvalue weighted by molar-refractivity contribution is -0.117. The number of rotatable bonds is 5. The van der Waals surface area contributed by atoms with E-state index in [1.165, 1.54) is 11.1 Å². The molecule has 0 radical (unpaired) electrons. The molecule has 0 spiro atoms. The lowest BCUT2D eigenvalue weighted by Gasteiger charge is -2.07. The summed E-state index contributed by atoms with van der Waals surface area (Å²) in [5.74, 6) is 0.162. The summed E-state index contributed by atoms with van der Waals surface area (Å²) in [5, 5.41) is 4.96. The van der Waals surface area contributed by atoms with Crippen LogP contribution in [-0.4, -0.2) is 15.6 Å². The number of carbonyl (C=O) groups is 1. The average molecular weight is 305 g/mol. The van der Waals surface area contributed by atoms with Crippen molar-refractivity contribution in [1.29, 1.82) is 0 Å². The van der Waals surface area contributed by atoms with Crippen molar-refractivity contribution >= 4 is 17.4 Å². The quantitative estimate of drug-likeness (QED) is 0.841. The van der Waals surface area contributed by atoms with Crippen LogP contribution in [0.2, 0.25) is 5.02 Å². The highest BCUT2D eigenvalue weighted by Crippen LogP contribution is 2.21. The Morgan fingerprint density at radius 1 is 1.19 bits per heavy atom. The summed E-state index contributed by atoms with van der Waals surface area (Å²) in [6.45, 7) is 8.73. The number of ketones is 1. The predicted octanol–water partition coefficient (Wildman–Crippen LogP) is 3.84. The zero-order chi connectivity index (χ0) is 15.6. The minimum atomic E-state index is 0.162. The van der Waals surface area contributed by atoms with Crippen LogP contribution in [0, 0.1) is 20.8 Å². The minimum absolute atomic E-state index is 0.162. The number of halogens is 1. The van der Waals surface area contributed by atoms with E-state index in [0.29, 0.717) is 17.9 Å². The Balaban J connectivity index is 2.13. The summed E-state index contributed by atoms with van der Waals surface area (Å²) in [4.78, 5) is 12.3. The summed E-state index contributed by atoms with van der Waals surface area (Å²) in [7, 11) is 0. The molecule has 4 heteroatoms. The van der Waals surface area contributed by atoms with Crippen molar-refractivity contribution in [3.8, 4) is 0 Å². The number of Topliss-reactive ketones (excluding diaryl/α,β-unsaturated/α-hetero) is 1. The van der Waals surface area contributed by atoms with E-state index in [1.807, 2.05) is 24.6 Å². The first kappa shape index (κ1) is 15.8. The van der Waals surface area contributed by atoms with Crippen molar-refractivity contribution in [2.24, 2.45) is 0 Å². The summed E-state index contributed by atoms with van der Waals surface area (Å²) < 4.78 is 1.82. The topological polar surface area (TPSA) is 34.9 Å². The monoisotopic (exact) mass is 304 g/mol. The van der Waals surface area contributed by atoms with Gasteiger partial charge in [-0.25, -0.2) is 0 Å². The van der Waals surface area contributed by atoms with Crippen LogP contribution in [-0.2, 0) is 24.2 Å². The maximum Gasteiger partial charge on any atom is 0.143 e. The molecule has 112 valence electrons. The Hall–Kier alpha value is -1.61. The molecule has 2 rings (SSSR count). The van der Waals surface area contributed by atoms with E-state index in [-0.39, 0.29) is 5.78 Å². The molecule has 0 bridgehead atoms. The third-order valence-electron chi connectivity index (χ3n) is 3.79. The molecular formula is C17H21ClN2O. The van der Waals surface area contributed by atoms with Gasteiger partial charge in [0.25, 0.3) is 0 Å². The molecule has 0 atom stereocenters. The van der Waals surface area contributed by atoms with Crippen LogP contribution < -0.4 is 0 Å². The second-order valence-electron chi connectivity index (χ2n) is 5.47. The van der Waals surface area contributed by atoms with Crippen molar-refractivity contribution in [3.63, 3.8) is 0 Å². The van der Waals surface area contributed by atoms with Gasteiger partial charge in [0.05, 0.1) is 22.8 Å². The fourth-order valence-corrected chi connectivity index (χ4v) is 2.63. The first-order valence-electron chi connectivity index (χ1n) is 7.22. The average Bonchev–Trinajstić information content (AvgIpc) is 2.70. The third kappa shape index (κ3) is 3.53. The van der Waals surface area contributed by atoms with Gasteiger partial charge in [0, 0.05) is 13.0 Å². The smallest absolute Gasteiger partial charge is 0.143 e. The Bertz CT molecular complexity index is 674. The number of hydrogen-bond donors (Lipinski definition) is 0. The molecule has 21 heavy (non-hydrogen) atoms. The van der Waals surface area contributed by atoms with Gasteiger partial charge in [0.1, 0.15) is 5.78 Å². The van der Waals surface area contributed by atoms with E-state index < -0.39 is 0 Å². The molecule has 1 aromatic carbocycles. The Labute approximate surface area is 130 Å². The van der Waals surface area contributed by atoms with Crippen molar-refractivity contribution in [3.05, 3.63) is 51.3 Å². The fourth-order valence-electron chi connectivity index (χ4n) is 2.43. The van der Waals surface area contributed by atoms with Gasteiger partial charge < -0.3 is 0 Å². The molecule has 0 fully saturated rings. The van der Waals surface area contributed by atoms with Crippen molar-refractivity contribution in [1.82, 2.24) is 9.78 Å². The zero-order valence-corrected chi connectivity index (χ0v) is 13.8. The van der Waals surface area contributed by atoms with Gasteiger partial charge >= 0.3 is 0 Å². The van der Waals surface area contributed by atoms with Crippen molar-refractivity contribution in [2.45, 2.75) is 47.1 Å². The summed E-state index contributed by atoms with van der Waals surface area (Å²) >= 11 is 6.25. The van der Waals surface area contributed by atoms with Gasteiger partial charge in [0.2, 0.25) is 0 Å². The molecule has 0 aliphatic carbocycles. The van der Waals surface area contributed by atoms with Crippen LogP contribution in [0.3, 0.4) is 0 Å². The molecule has 0 aliphatic rings. The van der Waals surface area contributed by atoms with E-state index in [2.05, 4.69) is 31.1 Å². The maximum atomic E-state index is 12.3. The first-order valence-corrected chi connectivity index (χ1v) is 7.59. The molecule has 0 aliphatic heterocycles. The van der Waals surface area contributed by atoms with Crippen LogP contribution in [0.1, 0.15) is 35.0 Å². The van der Waals surface area contributed by atoms with Gasteiger partial charge in [0.15, 0.2) is 0 Å². The van der Waals surface area contributed by atoms with E-state index in [1.54, 1.807) is 0 Å². The predicted molar refractivity (Wildman–Crippen MR) is 86.0 cm³/mol. The molecule has 0 N–H and O–H groups in total. The SMILES string of the molecule is CCn1nc(C)c(Cl)c1CC(=O)Cc1ccc(C)c(C)c1. The number of aryl methyl sites for hydroxylation is 4. The van der Waals surface area contributed by atoms with Crippen LogP contribution in [0.25, 0.3) is 0 Å². The van der Waals surface area contributed by atoms with Crippen LogP contribution in [0.4, 0.5) is 0 Å².